The van der Waals surface area contributed by atoms with Crippen molar-refractivity contribution in [1.29, 1.82) is 0 Å². The molecule has 1 atom stereocenters. The molecule has 102 valence electrons. The van der Waals surface area contributed by atoms with Crippen LogP contribution in [0.4, 0.5) is 0 Å². The zero-order chi connectivity index (χ0) is 14.4. The fourth-order valence-corrected chi connectivity index (χ4v) is 1.97. The van der Waals surface area contributed by atoms with E-state index in [0.29, 0.717) is 17.7 Å². The van der Waals surface area contributed by atoms with Crippen LogP contribution in [0.15, 0.2) is 61.2 Å². The highest BCUT2D eigenvalue weighted by Crippen LogP contribution is 2.24. The Morgan fingerprint density at radius 1 is 1.35 bits per heavy atom. The van der Waals surface area contributed by atoms with Crippen LogP contribution in [0.3, 0.4) is 0 Å². The number of hydrogen-bond acceptors (Lipinski definition) is 2. The second kappa shape index (κ2) is 6.71. The van der Waals surface area contributed by atoms with Crippen LogP contribution in [-0.4, -0.2) is 11.9 Å². The molecule has 2 nitrogen and oxygen atoms in total. The summed E-state index contributed by atoms with van der Waals surface area (Å²) in [6.45, 7) is 5.59. The summed E-state index contributed by atoms with van der Waals surface area (Å²) in [6, 6.07) is 5.65. The average Bonchev–Trinajstić information content (AvgIpc) is 2.45. The molecule has 0 saturated heterocycles. The molecule has 2 rings (SSSR count). The van der Waals surface area contributed by atoms with Gasteiger partial charge in [-0.2, -0.15) is 0 Å². The second-order valence-corrected chi connectivity index (χ2v) is 4.61. The van der Waals surface area contributed by atoms with Crippen molar-refractivity contribution in [3.05, 3.63) is 72.4 Å². The van der Waals surface area contributed by atoms with E-state index in [9.17, 15) is 4.79 Å². The summed E-state index contributed by atoms with van der Waals surface area (Å²) in [5, 5.41) is 0. The van der Waals surface area contributed by atoms with Gasteiger partial charge in [0.05, 0.1) is 5.56 Å². The Bertz CT molecular complexity index is 591. The van der Waals surface area contributed by atoms with Crippen molar-refractivity contribution in [2.75, 3.05) is 0 Å². The standard InChI is InChI=1S/C18H18O2/c1-3-4-9-15-11-12-18-16(13-15)17(19)10-7-5-6-8-14(2)20-18/h3-9,11-14H,1,10H2,2H3/b7-5-,8-6-,9-4-. The molecule has 0 spiro atoms. The first-order valence-electron chi connectivity index (χ1n) is 6.67. The van der Waals surface area contributed by atoms with Gasteiger partial charge in [-0.3, -0.25) is 4.79 Å². The topological polar surface area (TPSA) is 26.3 Å². The van der Waals surface area contributed by atoms with Crippen molar-refractivity contribution in [2.45, 2.75) is 19.4 Å². The van der Waals surface area contributed by atoms with Crippen LogP contribution in [0, 0.1) is 0 Å². The molecule has 0 fully saturated rings. The lowest BCUT2D eigenvalue weighted by Gasteiger charge is -2.15. The zero-order valence-corrected chi connectivity index (χ0v) is 11.6. The second-order valence-electron chi connectivity index (χ2n) is 4.61. The Morgan fingerprint density at radius 3 is 3.00 bits per heavy atom. The maximum absolute atomic E-state index is 12.3. The van der Waals surface area contributed by atoms with E-state index in [-0.39, 0.29) is 11.9 Å². The van der Waals surface area contributed by atoms with Crippen LogP contribution < -0.4 is 4.74 Å². The predicted molar refractivity (Wildman–Crippen MR) is 83.0 cm³/mol. The van der Waals surface area contributed by atoms with Gasteiger partial charge in [0.25, 0.3) is 0 Å². The van der Waals surface area contributed by atoms with Crippen LogP contribution >= 0.6 is 0 Å². The number of rotatable bonds is 2. The predicted octanol–water partition coefficient (Wildman–Crippen LogP) is 4.35. The van der Waals surface area contributed by atoms with Gasteiger partial charge < -0.3 is 4.74 Å². The van der Waals surface area contributed by atoms with Gasteiger partial charge >= 0.3 is 0 Å². The normalized spacial score (nSPS) is 21.9. The molecule has 2 heteroatoms. The van der Waals surface area contributed by atoms with E-state index in [2.05, 4.69) is 6.58 Å². The first kappa shape index (κ1) is 14.1. The first-order chi connectivity index (χ1) is 9.70. The highest BCUT2D eigenvalue weighted by atomic mass is 16.5. The van der Waals surface area contributed by atoms with E-state index in [1.165, 1.54) is 0 Å². The molecule has 1 aliphatic heterocycles. The summed E-state index contributed by atoms with van der Waals surface area (Å²) in [5.74, 6) is 0.700. The van der Waals surface area contributed by atoms with Crippen LogP contribution in [0.5, 0.6) is 5.75 Å². The minimum atomic E-state index is -0.0705. The largest absolute Gasteiger partial charge is 0.486 e. The third-order valence-electron chi connectivity index (χ3n) is 2.97. The summed E-state index contributed by atoms with van der Waals surface area (Å²) in [6.07, 6.45) is 13.4. The minimum Gasteiger partial charge on any atom is -0.486 e. The van der Waals surface area contributed by atoms with Gasteiger partial charge in [-0.1, -0.05) is 49.1 Å². The van der Waals surface area contributed by atoms with Crippen molar-refractivity contribution in [2.24, 2.45) is 0 Å². The minimum absolute atomic E-state index is 0.0626. The van der Waals surface area contributed by atoms with E-state index in [4.69, 9.17) is 4.74 Å². The van der Waals surface area contributed by atoms with Gasteiger partial charge in [0.1, 0.15) is 11.9 Å². The summed E-state index contributed by atoms with van der Waals surface area (Å²) in [5.41, 5.74) is 1.59. The van der Waals surface area contributed by atoms with Crippen LogP contribution in [0.25, 0.3) is 6.08 Å². The van der Waals surface area contributed by atoms with Crippen LogP contribution in [-0.2, 0) is 0 Å². The number of benzene rings is 1. The highest BCUT2D eigenvalue weighted by Gasteiger charge is 2.14. The summed E-state index contributed by atoms with van der Waals surface area (Å²) in [4.78, 5) is 12.3. The Kier molecular flexibility index (Phi) is 4.72. The first-order valence-corrected chi connectivity index (χ1v) is 6.67. The Labute approximate surface area is 119 Å². The molecule has 0 aliphatic carbocycles. The number of ether oxygens (including phenoxy) is 1. The monoisotopic (exact) mass is 266 g/mol. The lowest BCUT2D eigenvalue weighted by molar-refractivity contribution is 0.0990. The van der Waals surface area contributed by atoms with Gasteiger partial charge in [-0.15, -0.1) is 0 Å². The van der Waals surface area contributed by atoms with Crippen molar-refractivity contribution in [3.63, 3.8) is 0 Å². The number of allylic oxidation sites excluding steroid dienone is 5. The van der Waals surface area contributed by atoms with Crippen molar-refractivity contribution in [1.82, 2.24) is 0 Å². The lowest BCUT2D eigenvalue weighted by atomic mass is 10.0. The van der Waals surface area contributed by atoms with Crippen molar-refractivity contribution in [3.8, 4) is 5.75 Å². The van der Waals surface area contributed by atoms with E-state index in [1.807, 2.05) is 61.6 Å². The van der Waals surface area contributed by atoms with E-state index < -0.39 is 0 Å². The molecule has 0 radical (unpaired) electrons. The van der Waals surface area contributed by atoms with Gasteiger partial charge in [-0.25, -0.2) is 0 Å². The van der Waals surface area contributed by atoms with E-state index >= 15 is 0 Å². The molecule has 0 aromatic heterocycles. The number of carbonyl (C=O) groups is 1. The molecule has 0 N–H and O–H groups in total. The zero-order valence-electron chi connectivity index (χ0n) is 11.6. The number of hydrogen-bond donors (Lipinski definition) is 0. The molecular formula is C18H18O2. The van der Waals surface area contributed by atoms with Crippen molar-refractivity contribution < 1.29 is 9.53 Å². The Balaban J connectivity index is 2.42. The smallest absolute Gasteiger partial charge is 0.170 e. The molecule has 0 amide bonds. The summed E-state index contributed by atoms with van der Waals surface area (Å²) in [7, 11) is 0. The van der Waals surface area contributed by atoms with E-state index in [1.54, 1.807) is 6.08 Å². The molecule has 1 aliphatic rings. The third-order valence-corrected chi connectivity index (χ3v) is 2.97. The van der Waals surface area contributed by atoms with Gasteiger partial charge in [0.2, 0.25) is 0 Å². The number of Topliss-reactive ketones (excluding diaryl/α,β-unsaturated/α-hetero) is 1. The quantitative estimate of drug-likeness (QED) is 0.744. The fourth-order valence-electron chi connectivity index (χ4n) is 1.97. The molecule has 1 aromatic carbocycles. The number of fused-ring (bicyclic) bond motifs is 1. The Hall–Kier alpha value is -2.35. The maximum atomic E-state index is 12.3. The van der Waals surface area contributed by atoms with E-state index in [0.717, 1.165) is 5.56 Å². The van der Waals surface area contributed by atoms with Gasteiger partial charge in [0, 0.05) is 6.42 Å². The summed E-state index contributed by atoms with van der Waals surface area (Å²) < 4.78 is 5.82. The lowest BCUT2D eigenvalue weighted by Crippen LogP contribution is -2.12. The molecular weight excluding hydrogens is 248 g/mol. The SMILES string of the molecule is C=C/C=C\c1ccc2c(c1)C(=O)C/C=C\C=C/C(C)O2. The molecule has 0 saturated carbocycles. The van der Waals surface area contributed by atoms with Crippen molar-refractivity contribution >= 4 is 11.9 Å². The molecule has 0 bridgehead atoms. The van der Waals surface area contributed by atoms with Crippen LogP contribution in [0.2, 0.25) is 0 Å². The summed E-state index contributed by atoms with van der Waals surface area (Å²) >= 11 is 0. The highest BCUT2D eigenvalue weighted by molar-refractivity contribution is 6.00. The van der Waals surface area contributed by atoms with Gasteiger partial charge in [0.15, 0.2) is 5.78 Å². The molecule has 1 aromatic rings. The molecule has 1 heterocycles. The average molecular weight is 266 g/mol. The Morgan fingerprint density at radius 2 is 2.20 bits per heavy atom. The van der Waals surface area contributed by atoms with Gasteiger partial charge in [-0.05, 0) is 30.7 Å². The number of ketones is 1. The number of carbonyl (C=O) groups excluding carboxylic acids is 1. The van der Waals surface area contributed by atoms with Crippen LogP contribution in [0.1, 0.15) is 29.3 Å². The third kappa shape index (κ3) is 3.58. The molecule has 20 heavy (non-hydrogen) atoms. The molecule has 1 unspecified atom stereocenters. The fraction of sp³-hybridized carbons (Fsp3) is 0.167. The maximum Gasteiger partial charge on any atom is 0.170 e.